The third kappa shape index (κ3) is 4.10. The minimum absolute atomic E-state index is 0.0550. The summed E-state index contributed by atoms with van der Waals surface area (Å²) in [4.78, 5) is 42.9. The summed E-state index contributed by atoms with van der Waals surface area (Å²) < 4.78 is 4.10. The Morgan fingerprint density at radius 2 is 1.91 bits per heavy atom. The number of amides is 3. The molecule has 3 amide bonds. The largest absolute Gasteiger partial charge is 0.497 e. The minimum atomic E-state index is -0.780. The van der Waals surface area contributed by atoms with Gasteiger partial charge in [-0.1, -0.05) is 20.8 Å². The Morgan fingerprint density at radius 3 is 2.49 bits per heavy atom. The molecule has 3 N–H and O–H groups in total. The summed E-state index contributed by atoms with van der Waals surface area (Å²) in [5.74, 6) is -1.06. The molecule has 1 aromatic carbocycles. The van der Waals surface area contributed by atoms with E-state index in [0.717, 1.165) is 12.8 Å². The van der Waals surface area contributed by atoms with E-state index in [0.29, 0.717) is 24.4 Å². The first-order valence-corrected chi connectivity index (χ1v) is 13.3. The quantitative estimate of drug-likeness (QED) is 0.478. The van der Waals surface area contributed by atoms with Gasteiger partial charge in [0.25, 0.3) is 0 Å². The molecule has 3 fully saturated rings. The summed E-state index contributed by atoms with van der Waals surface area (Å²) in [7, 11) is 1.58. The molecule has 192 valence electrons. The van der Waals surface area contributed by atoms with Gasteiger partial charge in [0, 0.05) is 17.0 Å². The maximum absolute atomic E-state index is 14.1. The summed E-state index contributed by atoms with van der Waals surface area (Å²) in [6.07, 6.45) is 2.25. The van der Waals surface area contributed by atoms with Crippen LogP contribution in [0.2, 0.25) is 0 Å². The molecule has 2 bridgehead atoms. The molecule has 8 nitrogen and oxygen atoms in total. The van der Waals surface area contributed by atoms with E-state index < -0.39 is 33.4 Å². The van der Waals surface area contributed by atoms with Crippen molar-refractivity contribution < 1.29 is 24.2 Å². The number of aliphatic hydroxyl groups excluding tert-OH is 1. The lowest BCUT2D eigenvalue weighted by Crippen LogP contribution is -2.56. The van der Waals surface area contributed by atoms with Crippen LogP contribution < -0.4 is 15.4 Å². The van der Waals surface area contributed by atoms with Crippen molar-refractivity contribution in [3.8, 4) is 5.75 Å². The Hall–Kier alpha value is -2.26. The van der Waals surface area contributed by atoms with Crippen LogP contribution in [0.1, 0.15) is 47.0 Å². The van der Waals surface area contributed by atoms with Gasteiger partial charge in [0.1, 0.15) is 11.8 Å². The van der Waals surface area contributed by atoms with Crippen molar-refractivity contribution in [1.82, 2.24) is 10.2 Å². The summed E-state index contributed by atoms with van der Waals surface area (Å²) in [6.45, 7) is 8.25. The number of carbonyl (C=O) groups is 3. The highest BCUT2D eigenvalue weighted by molar-refractivity contribution is 8.02. The molecule has 35 heavy (non-hydrogen) atoms. The molecule has 0 radical (unpaired) electrons. The van der Waals surface area contributed by atoms with Gasteiger partial charge in [-0.2, -0.15) is 0 Å². The fraction of sp³-hybridized carbons (Fsp3) is 0.654. The standard InChI is InChI=1S/C26H37N3O5S/c1-6-13-27-22(31)19-20-24(33)29(18(14-30)15(2)3)21(26(20)12-11-25(19,4)35-26)23(32)28-16-7-9-17(34-5)10-8-16/h7-10,15,18-21,30H,6,11-14H2,1-5H3,(H,27,31)(H,28,32)/t18-,19+,20-,21?,25-,26?/m0/s1. The highest BCUT2D eigenvalue weighted by Crippen LogP contribution is 2.71. The predicted molar refractivity (Wildman–Crippen MR) is 136 cm³/mol. The zero-order valence-electron chi connectivity index (χ0n) is 21.2. The molecule has 0 aliphatic carbocycles. The van der Waals surface area contributed by atoms with Crippen molar-refractivity contribution >= 4 is 35.2 Å². The fourth-order valence-corrected chi connectivity index (χ4v) is 8.63. The molecular weight excluding hydrogens is 466 g/mol. The van der Waals surface area contributed by atoms with E-state index in [1.807, 2.05) is 20.8 Å². The lowest BCUT2D eigenvalue weighted by Gasteiger charge is -2.38. The van der Waals surface area contributed by atoms with E-state index >= 15 is 0 Å². The van der Waals surface area contributed by atoms with Crippen LogP contribution in [-0.2, 0) is 14.4 Å². The lowest BCUT2D eigenvalue weighted by molar-refractivity contribution is -0.143. The van der Waals surface area contributed by atoms with Crippen molar-refractivity contribution in [2.45, 2.75) is 68.5 Å². The van der Waals surface area contributed by atoms with E-state index in [1.54, 1.807) is 48.0 Å². The Labute approximate surface area is 211 Å². The second kappa shape index (κ2) is 9.65. The number of methoxy groups -OCH3 is 1. The Kier molecular flexibility index (Phi) is 7.12. The molecule has 0 aromatic heterocycles. The Morgan fingerprint density at radius 1 is 1.23 bits per heavy atom. The molecule has 3 heterocycles. The number of likely N-dealkylation sites (tertiary alicyclic amines) is 1. The van der Waals surface area contributed by atoms with Crippen molar-refractivity contribution in [1.29, 1.82) is 0 Å². The van der Waals surface area contributed by atoms with E-state index in [1.165, 1.54) is 0 Å². The maximum Gasteiger partial charge on any atom is 0.248 e. The molecule has 3 saturated heterocycles. The highest BCUT2D eigenvalue weighted by Gasteiger charge is 2.77. The van der Waals surface area contributed by atoms with Gasteiger partial charge in [-0.15, -0.1) is 11.8 Å². The summed E-state index contributed by atoms with van der Waals surface area (Å²) >= 11 is 1.64. The number of hydrogen-bond acceptors (Lipinski definition) is 6. The first-order valence-electron chi connectivity index (χ1n) is 12.5. The number of carbonyl (C=O) groups excluding carboxylic acids is 3. The molecule has 6 atom stereocenters. The van der Waals surface area contributed by atoms with Gasteiger partial charge in [-0.25, -0.2) is 0 Å². The van der Waals surface area contributed by atoms with Gasteiger partial charge in [0.05, 0.1) is 36.3 Å². The van der Waals surface area contributed by atoms with Gasteiger partial charge in [-0.05, 0) is 56.4 Å². The summed E-state index contributed by atoms with van der Waals surface area (Å²) in [6, 6.07) is 5.77. The minimum Gasteiger partial charge on any atom is -0.497 e. The van der Waals surface area contributed by atoms with Gasteiger partial charge < -0.3 is 25.4 Å². The summed E-state index contributed by atoms with van der Waals surface area (Å²) in [5, 5.41) is 16.3. The Bertz CT molecular complexity index is 986. The Balaban J connectivity index is 1.74. The smallest absolute Gasteiger partial charge is 0.248 e. The van der Waals surface area contributed by atoms with Crippen LogP contribution in [-0.4, -0.2) is 69.6 Å². The highest BCUT2D eigenvalue weighted by atomic mass is 32.2. The number of rotatable bonds is 9. The molecule has 1 spiro atoms. The van der Waals surface area contributed by atoms with Crippen LogP contribution in [0, 0.1) is 17.8 Å². The number of thioether (sulfide) groups is 1. The second-order valence-electron chi connectivity index (χ2n) is 10.5. The van der Waals surface area contributed by atoms with E-state index in [9.17, 15) is 19.5 Å². The van der Waals surface area contributed by atoms with Crippen molar-refractivity contribution in [3.05, 3.63) is 24.3 Å². The van der Waals surface area contributed by atoms with Crippen molar-refractivity contribution in [2.24, 2.45) is 17.8 Å². The van der Waals surface area contributed by atoms with Crippen LogP contribution in [0.25, 0.3) is 0 Å². The van der Waals surface area contributed by atoms with Gasteiger partial charge in [0.2, 0.25) is 17.7 Å². The van der Waals surface area contributed by atoms with Crippen molar-refractivity contribution in [3.63, 3.8) is 0 Å². The molecule has 3 aliphatic heterocycles. The first-order chi connectivity index (χ1) is 16.6. The molecule has 9 heteroatoms. The number of nitrogens with one attached hydrogen (secondary N) is 2. The van der Waals surface area contributed by atoms with Gasteiger partial charge in [0.15, 0.2) is 0 Å². The van der Waals surface area contributed by atoms with Crippen LogP contribution >= 0.6 is 11.8 Å². The third-order valence-corrected chi connectivity index (χ3v) is 9.95. The number of anilines is 1. The normalized spacial score (nSPS) is 32.0. The maximum atomic E-state index is 14.1. The molecule has 0 saturated carbocycles. The number of fused-ring (bicyclic) bond motifs is 1. The second-order valence-corrected chi connectivity index (χ2v) is 12.4. The third-order valence-electron chi connectivity index (χ3n) is 7.97. The SMILES string of the molecule is CCCNC(=O)[C@H]1[C@H]2C(=O)N([C@@H](CO)C(C)C)C(C(=O)Nc3ccc(OC)cc3)C23CC[C@]1(C)S3. The molecular formula is C26H37N3O5S. The van der Waals surface area contributed by atoms with Gasteiger partial charge in [-0.3, -0.25) is 14.4 Å². The summed E-state index contributed by atoms with van der Waals surface area (Å²) in [5.41, 5.74) is 0.606. The van der Waals surface area contributed by atoms with E-state index in [2.05, 4.69) is 17.6 Å². The lowest BCUT2D eigenvalue weighted by atomic mass is 9.66. The number of nitrogens with zero attached hydrogens (tertiary/aromatic N) is 1. The zero-order chi connectivity index (χ0) is 25.5. The van der Waals surface area contributed by atoms with Crippen LogP contribution in [0.5, 0.6) is 5.75 Å². The van der Waals surface area contributed by atoms with Crippen LogP contribution in [0.3, 0.4) is 0 Å². The van der Waals surface area contributed by atoms with E-state index in [4.69, 9.17) is 4.74 Å². The number of ether oxygens (including phenoxy) is 1. The number of benzene rings is 1. The monoisotopic (exact) mass is 503 g/mol. The average Bonchev–Trinajstić information content (AvgIpc) is 3.39. The molecule has 3 aliphatic rings. The van der Waals surface area contributed by atoms with Crippen LogP contribution in [0.4, 0.5) is 5.69 Å². The topological polar surface area (TPSA) is 108 Å². The fourth-order valence-electron chi connectivity index (χ4n) is 6.28. The predicted octanol–water partition coefficient (Wildman–Crippen LogP) is 2.66. The average molecular weight is 504 g/mol. The van der Waals surface area contributed by atoms with Crippen LogP contribution in [0.15, 0.2) is 24.3 Å². The number of hydrogen-bond donors (Lipinski definition) is 3. The van der Waals surface area contributed by atoms with E-state index in [-0.39, 0.29) is 30.2 Å². The zero-order valence-corrected chi connectivity index (χ0v) is 22.0. The van der Waals surface area contributed by atoms with Gasteiger partial charge >= 0.3 is 0 Å². The molecule has 4 rings (SSSR count). The van der Waals surface area contributed by atoms with Crippen molar-refractivity contribution in [2.75, 3.05) is 25.6 Å². The molecule has 1 aromatic rings. The number of aliphatic hydroxyl groups is 1. The molecule has 2 unspecified atom stereocenters. The first kappa shape index (κ1) is 25.8.